The van der Waals surface area contributed by atoms with E-state index in [2.05, 4.69) is 10.3 Å². The normalized spacial score (nSPS) is 11.2. The van der Waals surface area contributed by atoms with Crippen LogP contribution in [0.15, 0.2) is 29.6 Å². The summed E-state index contributed by atoms with van der Waals surface area (Å²) in [4.78, 5) is 26.6. The quantitative estimate of drug-likeness (QED) is 0.648. The van der Waals surface area contributed by atoms with Gasteiger partial charge in [-0.05, 0) is 31.5 Å². The van der Waals surface area contributed by atoms with E-state index in [-0.39, 0.29) is 11.6 Å². The molecular weight excluding hydrogens is 304 g/mol. The number of non-ortho nitro benzene ring substituents is 1. The summed E-state index contributed by atoms with van der Waals surface area (Å²) in [6.45, 7) is 3.94. The Morgan fingerprint density at radius 3 is 2.55 bits per heavy atom. The van der Waals surface area contributed by atoms with Gasteiger partial charge in [-0.1, -0.05) is 0 Å². The topological polar surface area (TPSA) is 111 Å². The van der Waals surface area contributed by atoms with Gasteiger partial charge in [0.05, 0.1) is 10.5 Å². The van der Waals surface area contributed by atoms with Gasteiger partial charge in [0, 0.05) is 24.1 Å². The van der Waals surface area contributed by atoms with Crippen molar-refractivity contribution in [2.75, 3.05) is 0 Å². The second kappa shape index (κ2) is 6.20. The number of carbonyl (C=O) groups excluding carboxylic acids is 1. The molecule has 1 aromatic carbocycles. The fraction of sp³-hybridized carbons (Fsp3) is 0.286. The minimum atomic E-state index is -0.682. The number of nitro groups is 1. The Morgan fingerprint density at radius 2 is 2.05 bits per heavy atom. The molecule has 7 nitrogen and oxygen atoms in total. The van der Waals surface area contributed by atoms with E-state index in [0.717, 1.165) is 5.56 Å². The first-order chi connectivity index (χ1) is 10.3. The number of nitrogens with one attached hydrogen (secondary N) is 1. The van der Waals surface area contributed by atoms with Crippen molar-refractivity contribution in [1.82, 2.24) is 10.3 Å². The number of aromatic nitrogens is 1. The van der Waals surface area contributed by atoms with Gasteiger partial charge in [0.1, 0.15) is 10.7 Å². The van der Waals surface area contributed by atoms with E-state index in [0.29, 0.717) is 17.2 Å². The van der Waals surface area contributed by atoms with Crippen molar-refractivity contribution in [1.29, 1.82) is 0 Å². The molecular formula is C14H16N4O3S. The first-order valence-corrected chi connectivity index (χ1v) is 7.43. The molecule has 0 saturated carbocycles. The van der Waals surface area contributed by atoms with E-state index >= 15 is 0 Å². The van der Waals surface area contributed by atoms with Crippen molar-refractivity contribution in [3.63, 3.8) is 0 Å². The molecule has 0 atom stereocenters. The Hall–Kier alpha value is -2.32. The molecule has 8 heteroatoms. The van der Waals surface area contributed by atoms with Gasteiger partial charge in [-0.25, -0.2) is 4.98 Å². The van der Waals surface area contributed by atoms with E-state index < -0.39 is 10.5 Å². The zero-order chi connectivity index (χ0) is 16.3. The number of nitrogens with zero attached hydrogens (tertiary/aromatic N) is 2. The van der Waals surface area contributed by atoms with Crippen molar-refractivity contribution in [2.24, 2.45) is 5.73 Å². The van der Waals surface area contributed by atoms with Crippen molar-refractivity contribution >= 4 is 22.9 Å². The SMILES string of the molecule is CC(C)(NC(=O)c1csc(CN)n1)c1ccc([N+](=O)[O-])cc1. The Balaban J connectivity index is 2.15. The van der Waals surface area contributed by atoms with Crippen molar-refractivity contribution in [3.8, 4) is 0 Å². The predicted octanol–water partition coefficient (Wildman–Crippen LogP) is 2.18. The highest BCUT2D eigenvalue weighted by atomic mass is 32.1. The van der Waals surface area contributed by atoms with Crippen LogP contribution in [0.2, 0.25) is 0 Å². The van der Waals surface area contributed by atoms with Crippen molar-refractivity contribution in [2.45, 2.75) is 25.9 Å². The number of nitrogens with two attached hydrogens (primary N) is 1. The van der Waals surface area contributed by atoms with Gasteiger partial charge in [-0.15, -0.1) is 11.3 Å². The first kappa shape index (κ1) is 16.1. The van der Waals surface area contributed by atoms with Crippen LogP contribution in [-0.4, -0.2) is 15.8 Å². The maximum Gasteiger partial charge on any atom is 0.271 e. The maximum atomic E-state index is 12.2. The third kappa shape index (κ3) is 3.46. The lowest BCUT2D eigenvalue weighted by atomic mass is 9.94. The Labute approximate surface area is 131 Å². The summed E-state index contributed by atoms with van der Waals surface area (Å²) < 4.78 is 0. The minimum absolute atomic E-state index is 0.0120. The van der Waals surface area contributed by atoms with Crippen molar-refractivity contribution < 1.29 is 9.72 Å². The van der Waals surface area contributed by atoms with Crippen LogP contribution in [0, 0.1) is 10.1 Å². The molecule has 0 spiro atoms. The van der Waals surface area contributed by atoms with Crippen LogP contribution in [0.5, 0.6) is 0 Å². The fourth-order valence-electron chi connectivity index (χ4n) is 1.93. The van der Waals surface area contributed by atoms with Crippen LogP contribution < -0.4 is 11.1 Å². The van der Waals surface area contributed by atoms with Gasteiger partial charge in [0.15, 0.2) is 0 Å². The number of hydrogen-bond donors (Lipinski definition) is 2. The molecule has 2 rings (SSSR count). The van der Waals surface area contributed by atoms with Crippen molar-refractivity contribution in [3.05, 3.63) is 56.0 Å². The molecule has 3 N–H and O–H groups in total. The van der Waals surface area contributed by atoms with Gasteiger partial charge in [0.25, 0.3) is 11.6 Å². The zero-order valence-corrected chi connectivity index (χ0v) is 13.0. The summed E-state index contributed by atoms with van der Waals surface area (Å²) in [6, 6.07) is 6.09. The van der Waals surface area contributed by atoms with Crippen LogP contribution >= 0.6 is 11.3 Å². The number of hydrogen-bond acceptors (Lipinski definition) is 6. The Bertz CT molecular complexity index is 694. The van der Waals surface area contributed by atoms with E-state index in [4.69, 9.17) is 5.73 Å². The molecule has 0 saturated heterocycles. The van der Waals surface area contributed by atoms with E-state index in [1.807, 2.05) is 13.8 Å². The van der Waals surface area contributed by atoms with Crippen LogP contribution in [0.3, 0.4) is 0 Å². The summed E-state index contributed by atoms with van der Waals surface area (Å²) in [7, 11) is 0. The Kier molecular flexibility index (Phi) is 4.53. The third-order valence-electron chi connectivity index (χ3n) is 3.18. The van der Waals surface area contributed by atoms with Crippen LogP contribution in [0.1, 0.15) is 34.9 Å². The highest BCUT2D eigenvalue weighted by Crippen LogP contribution is 2.23. The number of rotatable bonds is 5. The summed E-state index contributed by atoms with van der Waals surface area (Å²) in [5.74, 6) is -0.306. The minimum Gasteiger partial charge on any atom is -0.342 e. The predicted molar refractivity (Wildman–Crippen MR) is 83.6 cm³/mol. The van der Waals surface area contributed by atoms with Gasteiger partial charge < -0.3 is 11.1 Å². The van der Waals surface area contributed by atoms with Gasteiger partial charge in [0.2, 0.25) is 0 Å². The molecule has 0 bridgehead atoms. The van der Waals surface area contributed by atoms with Crippen LogP contribution in [0.4, 0.5) is 5.69 Å². The molecule has 1 heterocycles. The first-order valence-electron chi connectivity index (χ1n) is 6.55. The largest absolute Gasteiger partial charge is 0.342 e. The second-order valence-corrected chi connectivity index (χ2v) is 6.16. The lowest BCUT2D eigenvalue weighted by molar-refractivity contribution is -0.384. The molecule has 0 radical (unpaired) electrons. The molecule has 116 valence electrons. The van der Waals surface area contributed by atoms with Gasteiger partial charge >= 0.3 is 0 Å². The molecule has 0 fully saturated rings. The molecule has 0 aliphatic heterocycles. The van der Waals surface area contributed by atoms with Gasteiger partial charge in [-0.3, -0.25) is 14.9 Å². The highest BCUT2D eigenvalue weighted by Gasteiger charge is 2.25. The monoisotopic (exact) mass is 320 g/mol. The highest BCUT2D eigenvalue weighted by molar-refractivity contribution is 7.09. The van der Waals surface area contributed by atoms with Crippen LogP contribution in [0.25, 0.3) is 0 Å². The van der Waals surface area contributed by atoms with Gasteiger partial charge in [-0.2, -0.15) is 0 Å². The summed E-state index contributed by atoms with van der Waals surface area (Å²) in [5, 5.41) is 15.9. The summed E-state index contributed by atoms with van der Waals surface area (Å²) >= 11 is 1.33. The number of benzene rings is 1. The smallest absolute Gasteiger partial charge is 0.271 e. The standard InChI is InChI=1S/C14H16N4O3S/c1-14(2,9-3-5-10(6-4-9)18(20)21)17-13(19)11-8-22-12(7-15)16-11/h3-6,8H,7,15H2,1-2H3,(H,17,19). The molecule has 2 aromatic rings. The number of thiazole rings is 1. The third-order valence-corrected chi connectivity index (χ3v) is 4.06. The molecule has 1 amide bonds. The molecule has 0 unspecified atom stereocenters. The fourth-order valence-corrected chi connectivity index (χ4v) is 2.58. The molecule has 22 heavy (non-hydrogen) atoms. The second-order valence-electron chi connectivity index (χ2n) is 5.21. The van der Waals surface area contributed by atoms with E-state index in [1.54, 1.807) is 17.5 Å². The maximum absolute atomic E-state index is 12.2. The Morgan fingerprint density at radius 1 is 1.41 bits per heavy atom. The zero-order valence-electron chi connectivity index (χ0n) is 12.2. The lowest BCUT2D eigenvalue weighted by Crippen LogP contribution is -2.41. The lowest BCUT2D eigenvalue weighted by Gasteiger charge is -2.26. The molecule has 1 aromatic heterocycles. The number of nitro benzene ring substituents is 1. The molecule has 0 aliphatic carbocycles. The average molecular weight is 320 g/mol. The van der Waals surface area contributed by atoms with Crippen LogP contribution in [-0.2, 0) is 12.1 Å². The number of carbonyl (C=O) groups is 1. The average Bonchev–Trinajstić information content (AvgIpc) is 2.96. The summed E-state index contributed by atoms with van der Waals surface area (Å²) in [5.41, 5.74) is 5.90. The van der Waals surface area contributed by atoms with E-state index in [1.165, 1.54) is 23.5 Å². The summed E-state index contributed by atoms with van der Waals surface area (Å²) in [6.07, 6.45) is 0. The molecule has 0 aliphatic rings. The van der Waals surface area contributed by atoms with E-state index in [9.17, 15) is 14.9 Å². The number of amides is 1.